The Morgan fingerprint density at radius 3 is 2.71 bits per heavy atom. The van der Waals surface area contributed by atoms with E-state index >= 15 is 0 Å². The zero-order chi connectivity index (χ0) is 12.3. The Balaban J connectivity index is 0.00000256. The van der Waals surface area contributed by atoms with Gasteiger partial charge < -0.3 is 15.6 Å². The molecular formula is C11H15BrClNO3. The molecule has 0 aromatic heterocycles. The zero-order valence-corrected chi connectivity index (χ0v) is 12.0. The minimum absolute atomic E-state index is 0. The maximum atomic E-state index is 11.1. The van der Waals surface area contributed by atoms with Gasteiger partial charge in [-0.25, -0.2) is 0 Å². The summed E-state index contributed by atoms with van der Waals surface area (Å²) in [6.45, 7) is 1.77. The maximum absolute atomic E-state index is 11.1. The van der Waals surface area contributed by atoms with E-state index < -0.39 is 12.0 Å². The number of esters is 1. The SMILES string of the molecule is COC(=O)C[C@H](N)c1c(Br)ccc(C)c1O.Cl. The number of aryl methyl sites for hydroxylation is 1. The van der Waals surface area contributed by atoms with E-state index in [0.29, 0.717) is 10.0 Å². The molecule has 0 aliphatic rings. The lowest BCUT2D eigenvalue weighted by Crippen LogP contribution is -2.17. The van der Waals surface area contributed by atoms with E-state index in [1.54, 1.807) is 19.1 Å². The minimum Gasteiger partial charge on any atom is -0.507 e. The van der Waals surface area contributed by atoms with Gasteiger partial charge in [-0.15, -0.1) is 12.4 Å². The molecule has 1 aromatic rings. The van der Waals surface area contributed by atoms with E-state index in [2.05, 4.69) is 20.7 Å². The van der Waals surface area contributed by atoms with Gasteiger partial charge in [0.05, 0.1) is 13.5 Å². The highest BCUT2D eigenvalue weighted by Gasteiger charge is 2.19. The Bertz CT molecular complexity index is 412. The van der Waals surface area contributed by atoms with Crippen LogP contribution in [0.25, 0.3) is 0 Å². The molecule has 0 aliphatic carbocycles. The predicted molar refractivity (Wildman–Crippen MR) is 71.4 cm³/mol. The van der Waals surface area contributed by atoms with Crippen molar-refractivity contribution in [1.82, 2.24) is 0 Å². The van der Waals surface area contributed by atoms with Crippen LogP contribution in [0.4, 0.5) is 0 Å². The normalized spacial score (nSPS) is 11.5. The highest BCUT2D eigenvalue weighted by Crippen LogP contribution is 2.34. The van der Waals surface area contributed by atoms with Crippen LogP contribution in [0.1, 0.15) is 23.6 Å². The number of carbonyl (C=O) groups excluding carboxylic acids is 1. The first-order valence-electron chi connectivity index (χ1n) is 4.77. The summed E-state index contributed by atoms with van der Waals surface area (Å²) in [4.78, 5) is 11.1. The first kappa shape index (κ1) is 16.2. The lowest BCUT2D eigenvalue weighted by Gasteiger charge is -2.15. The monoisotopic (exact) mass is 323 g/mol. The number of methoxy groups -OCH3 is 1. The molecule has 17 heavy (non-hydrogen) atoms. The fourth-order valence-corrected chi connectivity index (χ4v) is 2.02. The largest absolute Gasteiger partial charge is 0.507 e. The van der Waals surface area contributed by atoms with Gasteiger partial charge in [-0.1, -0.05) is 22.0 Å². The number of hydrogen-bond donors (Lipinski definition) is 2. The number of aromatic hydroxyl groups is 1. The third kappa shape index (κ3) is 3.87. The van der Waals surface area contributed by atoms with Crippen LogP contribution in [0.2, 0.25) is 0 Å². The van der Waals surface area contributed by atoms with Crippen LogP contribution in [0.5, 0.6) is 5.75 Å². The molecule has 0 saturated heterocycles. The van der Waals surface area contributed by atoms with Crippen LogP contribution in [0, 0.1) is 6.92 Å². The summed E-state index contributed by atoms with van der Waals surface area (Å²) in [5.41, 5.74) is 7.10. The summed E-state index contributed by atoms with van der Waals surface area (Å²) >= 11 is 3.30. The van der Waals surface area contributed by atoms with Crippen LogP contribution < -0.4 is 5.73 Å². The second kappa shape index (κ2) is 6.83. The molecule has 0 radical (unpaired) electrons. The van der Waals surface area contributed by atoms with Gasteiger partial charge in [-0.05, 0) is 18.6 Å². The lowest BCUT2D eigenvalue weighted by molar-refractivity contribution is -0.141. The van der Waals surface area contributed by atoms with Crippen molar-refractivity contribution in [2.75, 3.05) is 7.11 Å². The lowest BCUT2D eigenvalue weighted by atomic mass is 10.0. The number of halogens is 2. The summed E-state index contributed by atoms with van der Waals surface area (Å²) in [6, 6.07) is 2.98. The number of phenols is 1. The third-order valence-corrected chi connectivity index (χ3v) is 3.04. The quantitative estimate of drug-likeness (QED) is 0.838. The molecule has 1 atom stereocenters. The summed E-state index contributed by atoms with van der Waals surface area (Å²) in [6.07, 6.45) is 0.0338. The van der Waals surface area contributed by atoms with Gasteiger partial charge in [-0.2, -0.15) is 0 Å². The van der Waals surface area contributed by atoms with Crippen molar-refractivity contribution in [3.63, 3.8) is 0 Å². The van der Waals surface area contributed by atoms with E-state index in [0.717, 1.165) is 5.56 Å². The number of carbonyl (C=O) groups is 1. The van der Waals surface area contributed by atoms with Crippen molar-refractivity contribution in [2.24, 2.45) is 5.73 Å². The summed E-state index contributed by atoms with van der Waals surface area (Å²) in [5.74, 6) is -0.286. The Labute approximate surface area is 115 Å². The fraction of sp³-hybridized carbons (Fsp3) is 0.364. The molecule has 0 aliphatic heterocycles. The van der Waals surface area contributed by atoms with Crippen molar-refractivity contribution in [2.45, 2.75) is 19.4 Å². The molecule has 0 bridgehead atoms. The summed E-state index contributed by atoms with van der Waals surface area (Å²) in [7, 11) is 1.31. The number of ether oxygens (including phenoxy) is 1. The molecule has 6 heteroatoms. The highest BCUT2D eigenvalue weighted by molar-refractivity contribution is 9.10. The van der Waals surface area contributed by atoms with Crippen molar-refractivity contribution >= 4 is 34.3 Å². The van der Waals surface area contributed by atoms with Gasteiger partial charge in [0.2, 0.25) is 0 Å². The first-order valence-corrected chi connectivity index (χ1v) is 5.57. The molecule has 96 valence electrons. The van der Waals surface area contributed by atoms with Gasteiger partial charge in [0.15, 0.2) is 0 Å². The van der Waals surface area contributed by atoms with E-state index in [4.69, 9.17) is 5.73 Å². The van der Waals surface area contributed by atoms with Gasteiger partial charge in [0.1, 0.15) is 5.75 Å². The first-order chi connectivity index (χ1) is 7.47. The number of nitrogens with two attached hydrogens (primary N) is 1. The topological polar surface area (TPSA) is 72.5 Å². The van der Waals surface area contributed by atoms with Gasteiger partial charge in [0.25, 0.3) is 0 Å². The average Bonchev–Trinajstić information content (AvgIpc) is 2.24. The highest BCUT2D eigenvalue weighted by atomic mass is 79.9. The molecular weight excluding hydrogens is 309 g/mol. The second-order valence-corrected chi connectivity index (χ2v) is 4.37. The third-order valence-electron chi connectivity index (χ3n) is 2.35. The van der Waals surface area contributed by atoms with Crippen molar-refractivity contribution in [3.8, 4) is 5.75 Å². The van der Waals surface area contributed by atoms with Crippen LogP contribution in [0.15, 0.2) is 16.6 Å². The molecule has 0 unspecified atom stereocenters. The van der Waals surface area contributed by atoms with Gasteiger partial charge >= 0.3 is 5.97 Å². The van der Waals surface area contributed by atoms with Crippen molar-refractivity contribution in [1.29, 1.82) is 0 Å². The minimum atomic E-state index is -0.582. The molecule has 0 fully saturated rings. The Hall–Kier alpha value is -0.780. The summed E-state index contributed by atoms with van der Waals surface area (Å²) in [5, 5.41) is 9.87. The maximum Gasteiger partial charge on any atom is 0.307 e. The van der Waals surface area contributed by atoms with E-state index in [9.17, 15) is 9.90 Å². The van der Waals surface area contributed by atoms with Crippen LogP contribution >= 0.6 is 28.3 Å². The van der Waals surface area contributed by atoms with Crippen LogP contribution in [-0.4, -0.2) is 18.2 Å². The molecule has 0 spiro atoms. The molecule has 0 heterocycles. The van der Waals surface area contributed by atoms with Crippen molar-refractivity contribution < 1.29 is 14.6 Å². The fourth-order valence-electron chi connectivity index (χ4n) is 1.41. The molecule has 1 rings (SSSR count). The van der Waals surface area contributed by atoms with Crippen LogP contribution in [0.3, 0.4) is 0 Å². The second-order valence-electron chi connectivity index (χ2n) is 3.51. The predicted octanol–water partition coefficient (Wildman–Crippen LogP) is 2.45. The van der Waals surface area contributed by atoms with Gasteiger partial charge in [-0.3, -0.25) is 4.79 Å². The Kier molecular flexibility index (Phi) is 6.52. The van der Waals surface area contributed by atoms with Gasteiger partial charge in [0, 0.05) is 16.1 Å². The van der Waals surface area contributed by atoms with Crippen molar-refractivity contribution in [3.05, 3.63) is 27.7 Å². The Morgan fingerprint density at radius 1 is 1.59 bits per heavy atom. The standard InChI is InChI=1S/C11H14BrNO3.ClH/c1-6-3-4-7(12)10(11(6)15)8(13)5-9(14)16-2;/h3-4,8,15H,5,13H2,1-2H3;1H/t8-;/m0./s1. The smallest absolute Gasteiger partial charge is 0.307 e. The number of rotatable bonds is 3. The molecule has 3 N–H and O–H groups in total. The van der Waals surface area contributed by atoms with Crippen LogP contribution in [-0.2, 0) is 9.53 Å². The molecule has 1 aromatic carbocycles. The Morgan fingerprint density at radius 2 is 2.18 bits per heavy atom. The zero-order valence-electron chi connectivity index (χ0n) is 9.57. The number of phenolic OH excluding ortho intramolecular Hbond substituents is 1. The van der Waals surface area contributed by atoms with E-state index in [-0.39, 0.29) is 24.6 Å². The average molecular weight is 325 g/mol. The molecule has 0 saturated carbocycles. The van der Waals surface area contributed by atoms with E-state index in [1.807, 2.05) is 0 Å². The summed E-state index contributed by atoms with van der Waals surface area (Å²) < 4.78 is 5.22. The number of benzene rings is 1. The molecule has 0 amide bonds. The number of hydrogen-bond acceptors (Lipinski definition) is 4. The molecule has 4 nitrogen and oxygen atoms in total. The van der Waals surface area contributed by atoms with E-state index in [1.165, 1.54) is 7.11 Å².